The molecule has 2 aliphatic heterocycles. The fourth-order valence-corrected chi connectivity index (χ4v) is 6.27. The van der Waals surface area contributed by atoms with Crippen LogP contribution in [0.15, 0.2) is 48.5 Å². The van der Waals surface area contributed by atoms with E-state index >= 15 is 0 Å². The number of amides is 1. The molecule has 3 heterocycles. The Labute approximate surface area is 258 Å². The van der Waals surface area contributed by atoms with E-state index in [-0.39, 0.29) is 12.1 Å². The van der Waals surface area contributed by atoms with Crippen molar-refractivity contribution in [1.29, 1.82) is 0 Å². The summed E-state index contributed by atoms with van der Waals surface area (Å²) in [5.41, 5.74) is 2.21. The van der Waals surface area contributed by atoms with Gasteiger partial charge in [0.2, 0.25) is 0 Å². The van der Waals surface area contributed by atoms with E-state index in [1.807, 2.05) is 37.8 Å². The van der Waals surface area contributed by atoms with Gasteiger partial charge in [-0.25, -0.2) is 4.79 Å². The molecule has 0 radical (unpaired) electrons. The monoisotopic (exact) mass is 613 g/mol. The average Bonchev–Trinajstić information content (AvgIpc) is 3.40. The number of halogens is 3. The van der Waals surface area contributed by atoms with Crippen LogP contribution in [0.5, 0.6) is 0 Å². The van der Waals surface area contributed by atoms with E-state index in [9.17, 15) is 18.0 Å². The maximum absolute atomic E-state index is 13.4. The fraction of sp³-hybridized carbons (Fsp3) is 0.559. The fourth-order valence-electron chi connectivity index (χ4n) is 6.27. The lowest BCUT2D eigenvalue weighted by atomic mass is 10.0. The predicted molar refractivity (Wildman–Crippen MR) is 170 cm³/mol. The van der Waals surface area contributed by atoms with Crippen molar-refractivity contribution in [2.75, 3.05) is 57.3 Å². The smallest absolute Gasteiger partial charge is 0.416 e. The molecular weight excluding hydrogens is 567 g/mol. The van der Waals surface area contributed by atoms with Gasteiger partial charge in [0.25, 0.3) is 0 Å². The van der Waals surface area contributed by atoms with Crippen molar-refractivity contribution in [2.24, 2.45) is 0 Å². The summed E-state index contributed by atoms with van der Waals surface area (Å²) in [5, 5.41) is 0.532. The second kappa shape index (κ2) is 13.0. The molecule has 2 saturated heterocycles. The number of rotatable bonds is 7. The molecule has 240 valence electrons. The van der Waals surface area contributed by atoms with Crippen molar-refractivity contribution in [1.82, 2.24) is 19.7 Å². The van der Waals surface area contributed by atoms with Gasteiger partial charge in [-0.1, -0.05) is 12.1 Å². The molecule has 0 unspecified atom stereocenters. The van der Waals surface area contributed by atoms with E-state index in [0.717, 1.165) is 81.7 Å². The van der Waals surface area contributed by atoms with Crippen LogP contribution in [0.3, 0.4) is 0 Å². The normalized spacial score (nSPS) is 17.9. The average molecular weight is 614 g/mol. The number of aromatic amines is 1. The number of H-pyrrole nitrogens is 1. The maximum atomic E-state index is 13.4. The van der Waals surface area contributed by atoms with Crippen LogP contribution in [0.4, 0.5) is 23.7 Å². The highest BCUT2D eigenvalue weighted by molar-refractivity contribution is 5.87. The summed E-state index contributed by atoms with van der Waals surface area (Å²) in [7, 11) is 0. The molecule has 10 heteroatoms. The molecule has 0 bridgehead atoms. The molecule has 0 saturated carbocycles. The minimum atomic E-state index is -4.38. The quantitative estimate of drug-likeness (QED) is 0.309. The first-order valence-corrected chi connectivity index (χ1v) is 15.8. The first kappa shape index (κ1) is 32.2. The highest BCUT2D eigenvalue weighted by atomic mass is 19.4. The van der Waals surface area contributed by atoms with Crippen LogP contribution in [0, 0.1) is 0 Å². The summed E-state index contributed by atoms with van der Waals surface area (Å²) in [6, 6.07) is 14.3. The van der Waals surface area contributed by atoms with E-state index in [2.05, 4.69) is 45.7 Å². The van der Waals surface area contributed by atoms with Crippen LogP contribution >= 0.6 is 0 Å². The van der Waals surface area contributed by atoms with Gasteiger partial charge in [0.15, 0.2) is 0 Å². The van der Waals surface area contributed by atoms with Crippen LogP contribution in [0.1, 0.15) is 53.0 Å². The minimum Gasteiger partial charge on any atom is -0.444 e. The highest BCUT2D eigenvalue weighted by Gasteiger charge is 2.33. The second-order valence-corrected chi connectivity index (χ2v) is 13.4. The third kappa shape index (κ3) is 7.88. The maximum Gasteiger partial charge on any atom is 0.416 e. The molecule has 0 aliphatic carbocycles. The SMILES string of the molecule is CC(C)N1CCN(CCN(C(=O)OC(C)(C)C)C2CCN(c3cccc(-c4cc5cc(C(F)(F)F)ccc5[nH]4)c3)CC2)CC1. The Balaban J connectivity index is 1.24. The van der Waals surface area contributed by atoms with E-state index < -0.39 is 17.3 Å². The van der Waals surface area contributed by atoms with Crippen LogP contribution in [0.2, 0.25) is 0 Å². The van der Waals surface area contributed by atoms with E-state index in [0.29, 0.717) is 23.5 Å². The van der Waals surface area contributed by atoms with Crippen molar-refractivity contribution in [3.8, 4) is 11.3 Å². The Hall–Kier alpha value is -3.24. The van der Waals surface area contributed by atoms with Crippen molar-refractivity contribution in [3.63, 3.8) is 0 Å². The number of anilines is 1. The number of alkyl halides is 3. The first-order chi connectivity index (χ1) is 20.8. The van der Waals surface area contributed by atoms with Gasteiger partial charge in [0.05, 0.1) is 5.56 Å². The number of benzene rings is 2. The summed E-state index contributed by atoms with van der Waals surface area (Å²) >= 11 is 0. The van der Waals surface area contributed by atoms with Crippen LogP contribution in [-0.4, -0.2) is 95.8 Å². The lowest BCUT2D eigenvalue weighted by Gasteiger charge is -2.41. The van der Waals surface area contributed by atoms with Gasteiger partial charge in [-0.2, -0.15) is 13.2 Å². The number of hydrogen-bond donors (Lipinski definition) is 1. The number of carbonyl (C=O) groups excluding carboxylic acids is 1. The lowest BCUT2D eigenvalue weighted by molar-refractivity contribution is -0.137. The molecule has 3 aromatic rings. The first-order valence-electron chi connectivity index (χ1n) is 15.8. The van der Waals surface area contributed by atoms with Crippen molar-refractivity contribution in [3.05, 3.63) is 54.1 Å². The molecule has 1 aromatic heterocycles. The molecule has 1 N–H and O–H groups in total. The predicted octanol–water partition coefficient (Wildman–Crippen LogP) is 7.09. The van der Waals surface area contributed by atoms with Crippen LogP contribution in [0.25, 0.3) is 22.2 Å². The van der Waals surface area contributed by atoms with Crippen LogP contribution in [-0.2, 0) is 10.9 Å². The van der Waals surface area contributed by atoms with Crippen molar-refractivity contribution >= 4 is 22.7 Å². The van der Waals surface area contributed by atoms with Gasteiger partial charge in [-0.15, -0.1) is 0 Å². The van der Waals surface area contributed by atoms with Gasteiger partial charge in [-0.05, 0) is 89.4 Å². The van der Waals surface area contributed by atoms with Crippen LogP contribution < -0.4 is 4.90 Å². The molecule has 1 amide bonds. The Bertz CT molecular complexity index is 1410. The van der Waals surface area contributed by atoms with E-state index in [1.54, 1.807) is 6.07 Å². The number of hydrogen-bond acceptors (Lipinski definition) is 5. The molecule has 0 spiro atoms. The third-order valence-corrected chi connectivity index (χ3v) is 8.80. The molecule has 2 aliphatic rings. The van der Waals surface area contributed by atoms with Gasteiger partial charge < -0.3 is 19.5 Å². The molecule has 2 aromatic carbocycles. The van der Waals surface area contributed by atoms with E-state index in [1.165, 1.54) is 12.1 Å². The summed E-state index contributed by atoms with van der Waals surface area (Å²) in [6.07, 6.45) is -2.96. The van der Waals surface area contributed by atoms with Crippen molar-refractivity contribution in [2.45, 2.75) is 71.3 Å². The molecule has 2 fully saturated rings. The van der Waals surface area contributed by atoms with Gasteiger partial charge >= 0.3 is 12.3 Å². The Morgan fingerprint density at radius 3 is 2.32 bits per heavy atom. The molecule has 0 atom stereocenters. The third-order valence-electron chi connectivity index (χ3n) is 8.80. The van der Waals surface area contributed by atoms with Gasteiger partial charge in [-0.3, -0.25) is 9.80 Å². The lowest BCUT2D eigenvalue weighted by Crippen LogP contribution is -2.53. The van der Waals surface area contributed by atoms with Gasteiger partial charge in [0.1, 0.15) is 5.60 Å². The molecule has 7 nitrogen and oxygen atoms in total. The van der Waals surface area contributed by atoms with E-state index in [4.69, 9.17) is 4.74 Å². The Morgan fingerprint density at radius 1 is 0.977 bits per heavy atom. The summed E-state index contributed by atoms with van der Waals surface area (Å²) in [4.78, 5) is 25.9. The standard InChI is InChI=1S/C34H46F3N5O2/c1-24(2)40-18-15-39(16-19-40)17-20-42(32(43)44-33(3,4)5)28-11-13-41(14-12-28)29-8-6-7-25(22-29)31-23-26-21-27(34(35,36)37)9-10-30(26)38-31/h6-10,21-24,28,38H,11-20H2,1-5H3. The second-order valence-electron chi connectivity index (χ2n) is 13.4. The molecule has 44 heavy (non-hydrogen) atoms. The zero-order valence-corrected chi connectivity index (χ0v) is 26.6. The minimum absolute atomic E-state index is 0.0952. The number of carbonyl (C=O) groups is 1. The number of nitrogens with zero attached hydrogens (tertiary/aromatic N) is 4. The topological polar surface area (TPSA) is 55.0 Å². The number of aromatic nitrogens is 1. The van der Waals surface area contributed by atoms with Gasteiger partial charge in [0, 0.05) is 86.7 Å². The zero-order valence-electron chi connectivity index (χ0n) is 26.6. The Kier molecular flexibility index (Phi) is 9.51. The molecular formula is C34H46F3N5O2. The summed E-state index contributed by atoms with van der Waals surface area (Å²) < 4.78 is 45.5. The highest BCUT2D eigenvalue weighted by Crippen LogP contribution is 2.34. The number of ether oxygens (including phenoxy) is 1. The number of piperazine rings is 1. The molecule has 5 rings (SSSR count). The summed E-state index contributed by atoms with van der Waals surface area (Å²) in [6.45, 7) is 17.4. The zero-order chi connectivity index (χ0) is 31.6. The summed E-state index contributed by atoms with van der Waals surface area (Å²) in [5.74, 6) is 0. The number of fused-ring (bicyclic) bond motifs is 1. The number of piperidine rings is 1. The van der Waals surface area contributed by atoms with Crippen molar-refractivity contribution < 1.29 is 22.7 Å². The largest absolute Gasteiger partial charge is 0.444 e. The number of nitrogens with one attached hydrogen (secondary N) is 1. The Morgan fingerprint density at radius 2 is 1.68 bits per heavy atom.